The van der Waals surface area contributed by atoms with Crippen LogP contribution < -0.4 is 11.1 Å². The normalized spacial score (nSPS) is 14.6. The average Bonchev–Trinajstić information content (AvgIpc) is 2.67. The number of anilines is 2. The van der Waals surface area contributed by atoms with Crippen LogP contribution in [0.5, 0.6) is 0 Å². The van der Waals surface area contributed by atoms with Gasteiger partial charge in [0.1, 0.15) is 5.52 Å². The zero-order chi connectivity index (χ0) is 13.1. The molecule has 0 amide bonds. The van der Waals surface area contributed by atoms with Crippen LogP contribution in [-0.4, -0.2) is 27.2 Å². The van der Waals surface area contributed by atoms with Gasteiger partial charge >= 0.3 is 0 Å². The molecule has 3 N–H and O–H groups in total. The Morgan fingerprint density at radius 3 is 3.06 bits per heavy atom. The fourth-order valence-corrected chi connectivity index (χ4v) is 2.32. The van der Waals surface area contributed by atoms with Crippen molar-refractivity contribution in [1.29, 1.82) is 0 Å². The van der Waals surface area contributed by atoms with Crippen LogP contribution in [0.4, 0.5) is 11.7 Å². The molecule has 5 nitrogen and oxygen atoms in total. The van der Waals surface area contributed by atoms with Gasteiger partial charge < -0.3 is 15.5 Å². The summed E-state index contributed by atoms with van der Waals surface area (Å²) in [6, 6.07) is 6.00. The summed E-state index contributed by atoms with van der Waals surface area (Å²) in [5.74, 6) is 0.668. The molecular formula is C12H17N3O2S. The van der Waals surface area contributed by atoms with Gasteiger partial charge in [-0.15, -0.1) is 0 Å². The van der Waals surface area contributed by atoms with Crippen LogP contribution in [0.3, 0.4) is 0 Å². The summed E-state index contributed by atoms with van der Waals surface area (Å²) in [6.45, 7) is 2.01. The number of rotatable bonds is 5. The molecule has 0 radical (unpaired) electrons. The molecular weight excluding hydrogens is 250 g/mol. The minimum atomic E-state index is -0.770. The van der Waals surface area contributed by atoms with Crippen molar-refractivity contribution in [2.24, 2.45) is 0 Å². The number of nitrogen functional groups attached to an aromatic ring is 1. The molecule has 2 aromatic rings. The number of oxazole rings is 1. The summed E-state index contributed by atoms with van der Waals surface area (Å²) in [4.78, 5) is 4.31. The molecule has 1 heterocycles. The van der Waals surface area contributed by atoms with Crippen molar-refractivity contribution in [2.45, 2.75) is 19.4 Å². The Morgan fingerprint density at radius 1 is 1.56 bits per heavy atom. The van der Waals surface area contributed by atoms with E-state index in [1.165, 1.54) is 0 Å². The highest BCUT2D eigenvalue weighted by atomic mass is 32.2. The molecule has 1 aromatic carbocycles. The maximum Gasteiger partial charge on any atom is 0.295 e. The van der Waals surface area contributed by atoms with E-state index in [1.54, 1.807) is 24.5 Å². The third kappa shape index (κ3) is 3.22. The highest BCUT2D eigenvalue weighted by molar-refractivity contribution is 7.84. The smallest absolute Gasteiger partial charge is 0.295 e. The lowest BCUT2D eigenvalue weighted by Crippen LogP contribution is -2.17. The Kier molecular flexibility index (Phi) is 3.86. The van der Waals surface area contributed by atoms with E-state index < -0.39 is 10.8 Å². The number of benzene rings is 1. The molecule has 1 aromatic heterocycles. The van der Waals surface area contributed by atoms with Gasteiger partial charge in [0.2, 0.25) is 0 Å². The molecule has 0 spiro atoms. The van der Waals surface area contributed by atoms with Crippen molar-refractivity contribution in [2.75, 3.05) is 23.1 Å². The summed E-state index contributed by atoms with van der Waals surface area (Å²) >= 11 is 0. The maximum atomic E-state index is 11.0. The quantitative estimate of drug-likeness (QED) is 0.810. The Bertz CT molecular complexity index is 567. The first-order valence-corrected chi connectivity index (χ1v) is 7.50. The largest absolute Gasteiger partial charge is 0.424 e. The second-order valence-electron chi connectivity index (χ2n) is 4.36. The maximum absolute atomic E-state index is 11.0. The number of nitrogens with two attached hydrogens (primary N) is 1. The molecule has 6 heteroatoms. The van der Waals surface area contributed by atoms with E-state index >= 15 is 0 Å². The molecule has 0 saturated heterocycles. The van der Waals surface area contributed by atoms with Crippen LogP contribution >= 0.6 is 0 Å². The molecule has 0 aliphatic carbocycles. The van der Waals surface area contributed by atoms with Gasteiger partial charge in [-0.1, -0.05) is 0 Å². The first-order chi connectivity index (χ1) is 8.54. The molecule has 18 heavy (non-hydrogen) atoms. The van der Waals surface area contributed by atoms with E-state index in [9.17, 15) is 4.21 Å². The van der Waals surface area contributed by atoms with Crippen molar-refractivity contribution >= 4 is 33.6 Å². The van der Waals surface area contributed by atoms with Crippen molar-refractivity contribution < 1.29 is 8.63 Å². The Balaban J connectivity index is 2.05. The van der Waals surface area contributed by atoms with Crippen molar-refractivity contribution in [3.8, 4) is 0 Å². The molecule has 98 valence electrons. The highest BCUT2D eigenvalue weighted by Crippen LogP contribution is 2.21. The molecule has 0 bridgehead atoms. The van der Waals surface area contributed by atoms with E-state index in [-0.39, 0.29) is 6.04 Å². The summed E-state index contributed by atoms with van der Waals surface area (Å²) in [5, 5.41) is 3.15. The van der Waals surface area contributed by atoms with E-state index in [0.29, 0.717) is 23.0 Å². The zero-order valence-electron chi connectivity index (χ0n) is 10.5. The van der Waals surface area contributed by atoms with Crippen molar-refractivity contribution in [3.05, 3.63) is 18.2 Å². The van der Waals surface area contributed by atoms with Gasteiger partial charge in [-0.3, -0.25) is 4.21 Å². The standard InChI is InChI=1S/C12H17N3O2S/c1-8(5-6-18(2)16)14-12-15-10-7-9(13)3-4-11(10)17-12/h3-4,7-8H,5-6,13H2,1-2H3,(H,14,15). The van der Waals surface area contributed by atoms with E-state index in [2.05, 4.69) is 10.3 Å². The van der Waals surface area contributed by atoms with Crippen LogP contribution in [-0.2, 0) is 10.8 Å². The van der Waals surface area contributed by atoms with Crippen LogP contribution in [0.2, 0.25) is 0 Å². The second kappa shape index (κ2) is 5.39. The van der Waals surface area contributed by atoms with Crippen LogP contribution in [0.15, 0.2) is 22.6 Å². The highest BCUT2D eigenvalue weighted by Gasteiger charge is 2.09. The zero-order valence-corrected chi connectivity index (χ0v) is 11.3. The number of nitrogens with one attached hydrogen (secondary N) is 1. The SMILES string of the molecule is CC(CCS(C)=O)Nc1nc2cc(N)ccc2o1. The summed E-state index contributed by atoms with van der Waals surface area (Å²) < 4.78 is 16.6. The number of hydrogen-bond acceptors (Lipinski definition) is 5. The van der Waals surface area contributed by atoms with E-state index in [0.717, 1.165) is 11.9 Å². The second-order valence-corrected chi connectivity index (χ2v) is 5.91. The lowest BCUT2D eigenvalue weighted by Gasteiger charge is -2.10. The number of hydrogen-bond donors (Lipinski definition) is 2. The van der Waals surface area contributed by atoms with E-state index in [4.69, 9.17) is 10.2 Å². The Morgan fingerprint density at radius 2 is 2.33 bits per heavy atom. The molecule has 0 saturated carbocycles. The Labute approximate surface area is 108 Å². The molecule has 2 unspecified atom stereocenters. The first-order valence-electron chi connectivity index (χ1n) is 5.77. The van der Waals surface area contributed by atoms with Crippen molar-refractivity contribution in [1.82, 2.24) is 4.98 Å². The lowest BCUT2D eigenvalue weighted by molar-refractivity contribution is 0.595. The molecule has 2 rings (SSSR count). The summed E-state index contributed by atoms with van der Waals surface area (Å²) in [6.07, 6.45) is 2.51. The molecule has 0 fully saturated rings. The van der Waals surface area contributed by atoms with Gasteiger partial charge in [0.15, 0.2) is 5.58 Å². The topological polar surface area (TPSA) is 81.2 Å². The predicted octanol–water partition coefficient (Wildman–Crippen LogP) is 1.98. The number of fused-ring (bicyclic) bond motifs is 1. The summed E-state index contributed by atoms with van der Waals surface area (Å²) in [7, 11) is -0.770. The number of aromatic nitrogens is 1. The first kappa shape index (κ1) is 12.9. The third-order valence-electron chi connectivity index (χ3n) is 2.62. The van der Waals surface area contributed by atoms with Gasteiger partial charge in [0.05, 0.1) is 0 Å². The van der Waals surface area contributed by atoms with Gasteiger partial charge in [-0.25, -0.2) is 0 Å². The fourth-order valence-electron chi connectivity index (χ4n) is 1.63. The lowest BCUT2D eigenvalue weighted by atomic mass is 10.3. The Hall–Kier alpha value is -1.56. The van der Waals surface area contributed by atoms with Gasteiger partial charge in [-0.2, -0.15) is 4.98 Å². The average molecular weight is 267 g/mol. The third-order valence-corrected chi connectivity index (χ3v) is 3.43. The molecule has 0 aliphatic rings. The molecule has 2 atom stereocenters. The van der Waals surface area contributed by atoms with Gasteiger partial charge in [0, 0.05) is 34.5 Å². The van der Waals surface area contributed by atoms with Crippen molar-refractivity contribution in [3.63, 3.8) is 0 Å². The monoisotopic (exact) mass is 267 g/mol. The van der Waals surface area contributed by atoms with Crippen LogP contribution in [0.1, 0.15) is 13.3 Å². The fraction of sp³-hybridized carbons (Fsp3) is 0.417. The minimum Gasteiger partial charge on any atom is -0.424 e. The van der Waals surface area contributed by atoms with Crippen LogP contribution in [0, 0.1) is 0 Å². The predicted molar refractivity (Wildman–Crippen MR) is 75.1 cm³/mol. The minimum absolute atomic E-state index is 0.166. The number of nitrogens with zero attached hydrogens (tertiary/aromatic N) is 1. The van der Waals surface area contributed by atoms with Gasteiger partial charge in [0.25, 0.3) is 6.01 Å². The van der Waals surface area contributed by atoms with Crippen LogP contribution in [0.25, 0.3) is 11.1 Å². The van der Waals surface area contributed by atoms with Gasteiger partial charge in [-0.05, 0) is 31.5 Å². The molecule has 0 aliphatic heterocycles. The van der Waals surface area contributed by atoms with E-state index in [1.807, 2.05) is 6.92 Å². The summed E-state index contributed by atoms with van der Waals surface area (Å²) in [5.41, 5.74) is 7.79.